The second kappa shape index (κ2) is 56.6. The van der Waals surface area contributed by atoms with E-state index in [2.05, 4.69) is 30.5 Å². The van der Waals surface area contributed by atoms with Gasteiger partial charge in [0.1, 0.15) is 84.1 Å². The van der Waals surface area contributed by atoms with Crippen LogP contribution in [0, 0.1) is 17.6 Å². The van der Waals surface area contributed by atoms with Crippen molar-refractivity contribution in [1.29, 1.82) is 0 Å². The number of esters is 3. The van der Waals surface area contributed by atoms with Crippen LogP contribution < -0.4 is 57.7 Å². The molecule has 0 bridgehead atoms. The largest absolute Gasteiger partial charge is 0.465 e. The summed E-state index contributed by atoms with van der Waals surface area (Å²) in [5, 5.41) is 44.2. The third kappa shape index (κ3) is 42.0. The number of benzene rings is 6. The first kappa shape index (κ1) is 115. The predicted octanol–water partition coefficient (Wildman–Crippen LogP) is 19.1. The van der Waals surface area contributed by atoms with Crippen LogP contribution in [0.3, 0.4) is 0 Å². The highest BCUT2D eigenvalue weighted by Gasteiger charge is 2.39. The number of ketones is 3. The Bertz CT molecular complexity index is 4360. The summed E-state index contributed by atoms with van der Waals surface area (Å²) >= 11 is 17.6. The highest BCUT2D eigenvalue weighted by molar-refractivity contribution is 7.59. The Kier molecular flexibility index (Phi) is 52.6. The van der Waals surface area contributed by atoms with E-state index in [0.717, 1.165) is 0 Å². The summed E-state index contributed by atoms with van der Waals surface area (Å²) in [5.74, 6) is -1.16. The number of carbonyl (C=O) groups is 6. The zero-order chi connectivity index (χ0) is 94.8. The summed E-state index contributed by atoms with van der Waals surface area (Å²) in [7, 11) is -19.8. The first-order chi connectivity index (χ1) is 57.7. The molecular formula is C83H125Cl3F2N6O24P6. The van der Waals surface area contributed by atoms with Gasteiger partial charge in [-0.2, -0.15) is 0 Å². The predicted molar refractivity (Wildman–Crippen MR) is 485 cm³/mol. The molecule has 124 heavy (non-hydrogen) atoms. The van der Waals surface area contributed by atoms with Crippen molar-refractivity contribution >= 4 is 115 Å². The standard InChI is InChI=1S/C16H26NO4P.C14H21ClNO4P.C14H21FNO4P.2C13H19ClNO4P.C13H19FNO4P/c1-12(2)11-20-16(18)14(5)17-22(19,13(3)4)21-15-9-7-6-8-10-15;2*1-5-19-14(17)11(4)16-21(18,10(2)3)20-13-8-6-12(15)7-9-13;1-9(2)20(18,15-10(3)13(17)8-16)19-12-6-4-11(14)5-7-12;1-9(2)20(18,15-10(3)12(17)8-16)19-13-7-5-4-6-11(13)14;1-9(2)20(18,15-10(3)13(17)8-16)19-12-6-4-11(14)5-7-12/h6-10,12-14H,11H2,1-5H3,(H,17,19);2*6-11H,5H2,1-4H3,(H,16,18);3*4-7,9-10,16H,8H2,1-3H3,(H,15,18)/t14-,22?;2*11-,21?;3*10-,20?/m000000/s1. The molecule has 0 aliphatic rings. The maximum atomic E-state index is 13.0. The molecule has 0 radical (unpaired) electrons. The number of ether oxygens (including phenoxy) is 3. The number of aliphatic hydroxyl groups excluding tert-OH is 3. The van der Waals surface area contributed by atoms with Crippen LogP contribution in [0.1, 0.15) is 152 Å². The van der Waals surface area contributed by atoms with Crippen LogP contribution in [-0.4, -0.2) is 160 Å². The van der Waals surface area contributed by atoms with E-state index in [9.17, 15) is 64.9 Å². The SMILES string of the molecule is CC(C)COC(=O)[C@H](C)NP(=O)(Oc1ccccc1)C(C)C.CC(C)P(=O)(N[C@@H](C)C(=O)CO)Oc1ccc(Cl)cc1.CC(C)P(=O)(N[C@@H](C)C(=O)CO)Oc1ccc(F)cc1.CC(C)P(=O)(N[C@@H](C)C(=O)CO)Oc1ccccc1Cl.CCOC(=O)[C@H](C)NP(=O)(Oc1ccc(Cl)cc1)C(C)C.CCOC(=O)[C@H](C)NP(=O)(Oc1ccc(F)cc1)C(C)C. The van der Waals surface area contributed by atoms with Gasteiger partial charge >= 0.3 is 63.0 Å². The van der Waals surface area contributed by atoms with Gasteiger partial charge in [-0.15, -0.1) is 0 Å². The van der Waals surface area contributed by atoms with Crippen molar-refractivity contribution in [1.82, 2.24) is 30.5 Å². The quantitative estimate of drug-likeness (QED) is 0.00975. The summed E-state index contributed by atoms with van der Waals surface area (Å²) < 4.78 is 151. The van der Waals surface area contributed by atoms with Crippen molar-refractivity contribution in [2.24, 2.45) is 5.92 Å². The molecule has 0 aromatic heterocycles. The van der Waals surface area contributed by atoms with Gasteiger partial charge in [-0.1, -0.05) is 162 Å². The monoisotopic (exact) mass is 1920 g/mol. The molecule has 0 aliphatic carbocycles. The van der Waals surface area contributed by atoms with Crippen LogP contribution in [0.15, 0.2) is 152 Å². The van der Waals surface area contributed by atoms with E-state index in [1.54, 1.807) is 222 Å². The van der Waals surface area contributed by atoms with Crippen LogP contribution in [0.5, 0.6) is 34.5 Å². The molecule has 6 aromatic carbocycles. The van der Waals surface area contributed by atoms with E-state index in [1.165, 1.54) is 62.4 Å². The Labute approximate surface area is 743 Å². The molecule has 0 heterocycles. The van der Waals surface area contributed by atoms with E-state index in [4.69, 9.17) is 91.5 Å². The van der Waals surface area contributed by atoms with E-state index < -0.39 is 148 Å². The van der Waals surface area contributed by atoms with E-state index >= 15 is 0 Å². The summed E-state index contributed by atoms with van der Waals surface area (Å²) in [5.41, 5.74) is -2.00. The van der Waals surface area contributed by atoms with E-state index in [-0.39, 0.29) is 64.6 Å². The molecule has 0 saturated heterocycles. The molecule has 0 fully saturated rings. The van der Waals surface area contributed by atoms with Gasteiger partial charge in [-0.25, -0.2) is 39.3 Å². The molecule has 0 spiro atoms. The molecule has 0 saturated carbocycles. The van der Waals surface area contributed by atoms with Gasteiger partial charge in [0, 0.05) is 10.0 Å². The molecule has 9 N–H and O–H groups in total. The molecule has 0 amide bonds. The molecule has 6 rings (SSSR count). The molecular weight excluding hydrogens is 1800 g/mol. The summed E-state index contributed by atoms with van der Waals surface area (Å²) in [4.78, 5) is 69.4. The fourth-order valence-corrected chi connectivity index (χ4v) is 19.4. The van der Waals surface area contributed by atoms with Crippen LogP contribution >= 0.6 is 79.9 Å². The first-order valence-electron chi connectivity index (χ1n) is 39.8. The molecule has 6 aromatic rings. The van der Waals surface area contributed by atoms with Crippen LogP contribution in [0.4, 0.5) is 8.78 Å². The first-order valence-corrected chi connectivity index (χ1v) is 51.1. The van der Waals surface area contributed by atoms with Crippen molar-refractivity contribution in [2.45, 2.75) is 223 Å². The minimum absolute atomic E-state index is 0.246. The molecule has 696 valence electrons. The van der Waals surface area contributed by atoms with Gasteiger partial charge in [0.15, 0.2) is 17.3 Å². The molecule has 41 heteroatoms. The lowest BCUT2D eigenvalue weighted by Gasteiger charge is -2.26. The maximum absolute atomic E-state index is 13.0. The fraction of sp³-hybridized carbons (Fsp3) is 0.494. The number of carbonyl (C=O) groups excluding carboxylic acids is 6. The zero-order valence-corrected chi connectivity index (χ0v) is 81.8. The lowest BCUT2D eigenvalue weighted by atomic mass is 10.2. The highest BCUT2D eigenvalue weighted by atomic mass is 35.5. The van der Waals surface area contributed by atoms with Crippen LogP contribution in [-0.2, 0) is 70.4 Å². The fourth-order valence-electron chi connectivity index (χ4n) is 8.91. The Balaban J connectivity index is 0.000000744. The zero-order valence-electron chi connectivity index (χ0n) is 74.2. The minimum Gasteiger partial charge on any atom is -0.465 e. The average molecular weight is 1920 g/mol. The lowest BCUT2D eigenvalue weighted by molar-refractivity contribution is -0.146. The minimum atomic E-state index is -3.36. The average Bonchev–Trinajstić information content (AvgIpc) is 0.841. The molecule has 6 unspecified atom stereocenters. The summed E-state index contributed by atoms with van der Waals surface area (Å²) in [6.07, 6.45) is 0. The van der Waals surface area contributed by atoms with Crippen molar-refractivity contribution < 1.29 is 122 Å². The second-order valence-electron chi connectivity index (χ2n) is 29.8. The number of aliphatic hydroxyl groups is 3. The smallest absolute Gasteiger partial charge is 0.323 e. The number of hydrogen-bond acceptors (Lipinski definition) is 24. The lowest BCUT2D eigenvalue weighted by Crippen LogP contribution is -2.37. The third-order valence-corrected chi connectivity index (χ3v) is 33.0. The van der Waals surface area contributed by atoms with E-state index in [0.29, 0.717) is 44.7 Å². The van der Waals surface area contributed by atoms with Gasteiger partial charge in [0.05, 0.1) is 76.9 Å². The normalized spacial score (nSPS) is 15.5. The molecule has 0 aliphatic heterocycles. The second-order valence-corrected chi connectivity index (χ2v) is 47.0. The Morgan fingerprint density at radius 3 is 0.782 bits per heavy atom. The van der Waals surface area contributed by atoms with Crippen molar-refractivity contribution in [2.75, 3.05) is 39.6 Å². The highest BCUT2D eigenvalue weighted by Crippen LogP contribution is 2.54. The number of halogens is 5. The Hall–Kier alpha value is -6.71. The molecule has 12 atom stereocenters. The summed E-state index contributed by atoms with van der Waals surface area (Å²) in [6, 6.07) is 34.5. The molecule has 30 nitrogen and oxygen atoms in total. The van der Waals surface area contributed by atoms with Crippen LogP contribution in [0.2, 0.25) is 15.1 Å². The van der Waals surface area contributed by atoms with Gasteiger partial charge in [-0.3, -0.25) is 56.2 Å². The Morgan fingerprint density at radius 2 is 0.540 bits per heavy atom. The van der Waals surface area contributed by atoms with Gasteiger partial charge < -0.3 is 56.7 Å². The number of para-hydroxylation sites is 2. The number of hydrogen-bond donors (Lipinski definition) is 9. The van der Waals surface area contributed by atoms with Gasteiger partial charge in [0.25, 0.3) is 0 Å². The van der Waals surface area contributed by atoms with Crippen molar-refractivity contribution in [3.05, 3.63) is 178 Å². The van der Waals surface area contributed by atoms with Crippen LogP contribution in [0.25, 0.3) is 0 Å². The topological polar surface area (TPSA) is 421 Å². The van der Waals surface area contributed by atoms with Gasteiger partial charge in [0.2, 0.25) is 0 Å². The Morgan fingerprint density at radius 1 is 0.315 bits per heavy atom. The summed E-state index contributed by atoms with van der Waals surface area (Å²) in [6.45, 7) is 36.6. The number of Topliss-reactive ketones (excluding diaryl/α,β-unsaturated/α-hetero) is 3. The van der Waals surface area contributed by atoms with Crippen molar-refractivity contribution in [3.8, 4) is 34.5 Å². The number of rotatable bonds is 43. The third-order valence-electron chi connectivity index (χ3n) is 16.7. The number of nitrogens with one attached hydrogen (secondary N) is 6. The van der Waals surface area contributed by atoms with Crippen molar-refractivity contribution in [3.63, 3.8) is 0 Å². The van der Waals surface area contributed by atoms with E-state index in [1.807, 2.05) is 19.9 Å². The van der Waals surface area contributed by atoms with Gasteiger partial charge in [-0.05, 0) is 183 Å². The maximum Gasteiger partial charge on any atom is 0.323 e.